The Kier molecular flexibility index (Phi) is 6.16. The highest BCUT2D eigenvalue weighted by molar-refractivity contribution is 6.16. The molecule has 0 unspecified atom stereocenters. The van der Waals surface area contributed by atoms with Gasteiger partial charge in [0.05, 0.1) is 6.61 Å². The van der Waals surface area contributed by atoms with Crippen LogP contribution in [-0.2, 0) is 9.53 Å². The van der Waals surface area contributed by atoms with Gasteiger partial charge < -0.3 is 4.74 Å². The SMILES string of the molecule is CCOC(=O)[C@@](F)(C(=O)c1ccccc1)[C@@H](C[N+](=O)[O-])c1ccccc1. The molecule has 0 heterocycles. The minimum Gasteiger partial charge on any atom is -0.463 e. The second-order valence-electron chi connectivity index (χ2n) is 5.61. The molecule has 0 radical (unpaired) electrons. The number of rotatable bonds is 8. The number of halogens is 1. The third kappa shape index (κ3) is 3.93. The van der Waals surface area contributed by atoms with Gasteiger partial charge in [0.15, 0.2) is 0 Å². The smallest absolute Gasteiger partial charge is 0.353 e. The first-order valence-corrected chi connectivity index (χ1v) is 8.04. The highest BCUT2D eigenvalue weighted by Crippen LogP contribution is 2.36. The van der Waals surface area contributed by atoms with E-state index in [1.54, 1.807) is 24.3 Å². The Morgan fingerprint density at radius 1 is 1.12 bits per heavy atom. The van der Waals surface area contributed by atoms with E-state index in [-0.39, 0.29) is 17.7 Å². The number of nitro groups is 1. The molecule has 0 fully saturated rings. The number of carbonyl (C=O) groups is 2. The summed E-state index contributed by atoms with van der Waals surface area (Å²) in [6.07, 6.45) is 0. The van der Waals surface area contributed by atoms with Crippen molar-refractivity contribution >= 4 is 11.8 Å². The van der Waals surface area contributed by atoms with Crippen LogP contribution in [0.5, 0.6) is 0 Å². The fraction of sp³-hybridized carbons (Fsp3) is 0.263. The largest absolute Gasteiger partial charge is 0.463 e. The third-order valence-corrected chi connectivity index (χ3v) is 3.95. The molecule has 0 N–H and O–H groups in total. The molecule has 2 aromatic carbocycles. The quantitative estimate of drug-likeness (QED) is 0.237. The molecule has 0 saturated carbocycles. The van der Waals surface area contributed by atoms with Crippen LogP contribution in [0.4, 0.5) is 4.39 Å². The van der Waals surface area contributed by atoms with Crippen LogP contribution in [0.15, 0.2) is 60.7 Å². The molecule has 0 bridgehead atoms. The van der Waals surface area contributed by atoms with Crippen molar-refractivity contribution in [3.05, 3.63) is 81.9 Å². The Balaban J connectivity index is 2.61. The molecule has 2 aromatic rings. The highest BCUT2D eigenvalue weighted by atomic mass is 19.1. The number of nitrogens with zero attached hydrogens (tertiary/aromatic N) is 1. The molecule has 0 saturated heterocycles. The number of hydrogen-bond donors (Lipinski definition) is 0. The van der Waals surface area contributed by atoms with Crippen molar-refractivity contribution in [1.29, 1.82) is 0 Å². The summed E-state index contributed by atoms with van der Waals surface area (Å²) in [7, 11) is 0. The van der Waals surface area contributed by atoms with Crippen LogP contribution < -0.4 is 0 Å². The maximum absolute atomic E-state index is 16.0. The van der Waals surface area contributed by atoms with Crippen molar-refractivity contribution in [1.82, 2.24) is 0 Å². The van der Waals surface area contributed by atoms with Crippen molar-refractivity contribution in [2.75, 3.05) is 13.2 Å². The first-order valence-electron chi connectivity index (χ1n) is 8.04. The van der Waals surface area contributed by atoms with Crippen LogP contribution in [0.3, 0.4) is 0 Å². The average molecular weight is 359 g/mol. The maximum Gasteiger partial charge on any atom is 0.353 e. The molecule has 0 aliphatic carbocycles. The van der Waals surface area contributed by atoms with Gasteiger partial charge in [0.2, 0.25) is 12.3 Å². The summed E-state index contributed by atoms with van der Waals surface area (Å²) in [6.45, 7) is 0.376. The fourth-order valence-electron chi connectivity index (χ4n) is 2.72. The van der Waals surface area contributed by atoms with Crippen LogP contribution in [0.25, 0.3) is 0 Å². The Bertz CT molecular complexity index is 781. The molecule has 2 atom stereocenters. The second-order valence-corrected chi connectivity index (χ2v) is 5.61. The number of ketones is 1. The van der Waals surface area contributed by atoms with Gasteiger partial charge in [-0.1, -0.05) is 60.7 Å². The number of esters is 1. The van der Waals surface area contributed by atoms with Crippen molar-refractivity contribution < 1.29 is 23.6 Å². The molecule has 0 aromatic heterocycles. The van der Waals surface area contributed by atoms with E-state index in [0.717, 1.165) is 0 Å². The van der Waals surface area contributed by atoms with E-state index in [9.17, 15) is 19.7 Å². The fourth-order valence-corrected chi connectivity index (χ4v) is 2.72. The third-order valence-electron chi connectivity index (χ3n) is 3.95. The van der Waals surface area contributed by atoms with Crippen LogP contribution >= 0.6 is 0 Å². The molecule has 26 heavy (non-hydrogen) atoms. The summed E-state index contributed by atoms with van der Waals surface area (Å²) in [5, 5.41) is 11.1. The van der Waals surface area contributed by atoms with Gasteiger partial charge in [-0.2, -0.15) is 0 Å². The van der Waals surface area contributed by atoms with E-state index in [1.807, 2.05) is 0 Å². The van der Waals surface area contributed by atoms with Gasteiger partial charge >= 0.3 is 5.97 Å². The molecule has 0 spiro atoms. The van der Waals surface area contributed by atoms with E-state index in [1.165, 1.54) is 43.3 Å². The Labute approximate surface area is 149 Å². The highest BCUT2D eigenvalue weighted by Gasteiger charge is 2.57. The van der Waals surface area contributed by atoms with Gasteiger partial charge in [-0.3, -0.25) is 14.9 Å². The average Bonchev–Trinajstić information content (AvgIpc) is 2.66. The number of benzene rings is 2. The zero-order chi connectivity index (χ0) is 19.2. The van der Waals surface area contributed by atoms with Gasteiger partial charge in [0.1, 0.15) is 5.92 Å². The number of Topliss-reactive ketones (excluding diaryl/α,β-unsaturated/α-hetero) is 1. The molecular weight excluding hydrogens is 341 g/mol. The molecule has 6 nitrogen and oxygen atoms in total. The summed E-state index contributed by atoms with van der Waals surface area (Å²) in [5.41, 5.74) is -3.11. The van der Waals surface area contributed by atoms with Crippen molar-refractivity contribution in [2.45, 2.75) is 18.5 Å². The summed E-state index contributed by atoms with van der Waals surface area (Å²) in [4.78, 5) is 35.7. The number of ether oxygens (including phenoxy) is 1. The lowest BCUT2D eigenvalue weighted by Crippen LogP contribution is -2.50. The van der Waals surface area contributed by atoms with Gasteiger partial charge in [0, 0.05) is 10.5 Å². The predicted molar refractivity (Wildman–Crippen MR) is 92.3 cm³/mol. The predicted octanol–water partition coefficient (Wildman–Crippen LogP) is 3.20. The molecule has 136 valence electrons. The summed E-state index contributed by atoms with van der Waals surface area (Å²) in [6, 6.07) is 15.0. The van der Waals surface area contributed by atoms with Gasteiger partial charge in [-0.05, 0) is 12.5 Å². The number of alkyl halides is 1. The zero-order valence-electron chi connectivity index (χ0n) is 14.1. The molecule has 0 amide bonds. The lowest BCUT2D eigenvalue weighted by molar-refractivity contribution is -0.485. The normalized spacial score (nSPS) is 14.1. The zero-order valence-corrected chi connectivity index (χ0v) is 14.1. The Hall–Kier alpha value is -3.09. The van der Waals surface area contributed by atoms with Crippen molar-refractivity contribution in [2.24, 2.45) is 0 Å². The second kappa shape index (κ2) is 8.33. The molecule has 2 rings (SSSR count). The van der Waals surface area contributed by atoms with E-state index < -0.39 is 34.8 Å². The standard InChI is InChI=1S/C19H18FNO5/c1-2-26-18(23)19(20,17(22)15-11-7-4-8-12-15)16(13-21(24)25)14-9-5-3-6-10-14/h3-12,16H,2,13H2,1H3/t16-,19-/m0/s1. The van der Waals surface area contributed by atoms with Crippen LogP contribution in [0, 0.1) is 10.1 Å². The molecular formula is C19H18FNO5. The van der Waals surface area contributed by atoms with E-state index >= 15 is 4.39 Å². The number of carbonyl (C=O) groups excluding carboxylic acids is 2. The maximum atomic E-state index is 16.0. The van der Waals surface area contributed by atoms with E-state index in [2.05, 4.69) is 0 Å². The minimum absolute atomic E-state index is 0.0627. The van der Waals surface area contributed by atoms with Crippen LogP contribution in [0.2, 0.25) is 0 Å². The summed E-state index contributed by atoms with van der Waals surface area (Å²) < 4.78 is 20.8. The van der Waals surface area contributed by atoms with Crippen molar-refractivity contribution in [3.63, 3.8) is 0 Å². The van der Waals surface area contributed by atoms with Crippen molar-refractivity contribution in [3.8, 4) is 0 Å². The van der Waals surface area contributed by atoms with Crippen LogP contribution in [-0.4, -0.2) is 35.5 Å². The summed E-state index contributed by atoms with van der Waals surface area (Å²) in [5.74, 6) is -4.21. The Morgan fingerprint density at radius 2 is 1.65 bits per heavy atom. The minimum atomic E-state index is -3.22. The van der Waals surface area contributed by atoms with Gasteiger partial charge in [-0.25, -0.2) is 9.18 Å². The van der Waals surface area contributed by atoms with Crippen LogP contribution in [0.1, 0.15) is 28.8 Å². The molecule has 0 aliphatic rings. The lowest BCUT2D eigenvalue weighted by atomic mass is 9.78. The monoisotopic (exact) mass is 359 g/mol. The van der Waals surface area contributed by atoms with Gasteiger partial charge in [0.25, 0.3) is 5.67 Å². The van der Waals surface area contributed by atoms with Gasteiger partial charge in [-0.15, -0.1) is 0 Å². The number of hydrogen-bond acceptors (Lipinski definition) is 5. The topological polar surface area (TPSA) is 86.5 Å². The molecule has 7 heteroatoms. The summed E-state index contributed by atoms with van der Waals surface area (Å²) >= 11 is 0. The van der Waals surface area contributed by atoms with E-state index in [0.29, 0.717) is 0 Å². The first-order chi connectivity index (χ1) is 12.4. The Morgan fingerprint density at radius 3 is 2.15 bits per heavy atom. The van der Waals surface area contributed by atoms with E-state index in [4.69, 9.17) is 4.74 Å². The lowest BCUT2D eigenvalue weighted by Gasteiger charge is -2.28. The molecule has 0 aliphatic heterocycles. The first kappa shape index (κ1) is 19.2.